The van der Waals surface area contributed by atoms with Gasteiger partial charge in [0.05, 0.1) is 22.9 Å². The van der Waals surface area contributed by atoms with Gasteiger partial charge in [-0.1, -0.05) is 18.2 Å². The number of hydrogen-bond donors (Lipinski definition) is 2. The molecule has 0 atom stereocenters. The van der Waals surface area contributed by atoms with Gasteiger partial charge in [0, 0.05) is 25.0 Å². The van der Waals surface area contributed by atoms with E-state index in [4.69, 9.17) is 11.6 Å². The summed E-state index contributed by atoms with van der Waals surface area (Å²) in [5.41, 5.74) is 0.869. The van der Waals surface area contributed by atoms with E-state index in [0.29, 0.717) is 24.5 Å². The third kappa shape index (κ3) is 3.80. The Labute approximate surface area is 148 Å². The van der Waals surface area contributed by atoms with E-state index in [0.717, 1.165) is 0 Å². The van der Waals surface area contributed by atoms with Gasteiger partial charge in [-0.05, 0) is 24.3 Å². The van der Waals surface area contributed by atoms with Gasteiger partial charge in [-0.25, -0.2) is 9.18 Å². The Hall–Kier alpha value is -2.87. The van der Waals surface area contributed by atoms with E-state index >= 15 is 0 Å². The number of nitrogens with one attached hydrogen (secondary N) is 2. The Morgan fingerprint density at radius 3 is 2.72 bits per heavy atom. The molecule has 1 saturated heterocycles. The van der Waals surface area contributed by atoms with Gasteiger partial charge in [0.15, 0.2) is 0 Å². The topological polar surface area (TPSA) is 79.3 Å². The van der Waals surface area contributed by atoms with Gasteiger partial charge in [0.1, 0.15) is 5.82 Å². The molecule has 1 aromatic carbocycles. The molecule has 1 aromatic heterocycles. The van der Waals surface area contributed by atoms with Crippen LogP contribution in [0.2, 0.25) is 5.02 Å². The van der Waals surface area contributed by atoms with Crippen LogP contribution in [0.3, 0.4) is 0 Å². The summed E-state index contributed by atoms with van der Waals surface area (Å²) in [7, 11) is 0. The summed E-state index contributed by atoms with van der Waals surface area (Å²) < 4.78 is 14.8. The number of carbonyl (C=O) groups is 2. The molecule has 0 radical (unpaired) electrons. The van der Waals surface area contributed by atoms with Gasteiger partial charge in [-0.2, -0.15) is 5.10 Å². The third-order valence-corrected chi connectivity index (χ3v) is 4.05. The average Bonchev–Trinajstić information content (AvgIpc) is 2.97. The second kappa shape index (κ2) is 6.94. The lowest BCUT2D eigenvalue weighted by Gasteiger charge is -2.38. The van der Waals surface area contributed by atoms with Crippen molar-refractivity contribution < 1.29 is 14.0 Å². The van der Waals surface area contributed by atoms with Crippen LogP contribution in [0.1, 0.15) is 6.04 Å². The zero-order chi connectivity index (χ0) is 18.0. The molecule has 0 saturated carbocycles. The number of amides is 3. The summed E-state index contributed by atoms with van der Waals surface area (Å²) in [5.74, 6) is -0.669. The van der Waals surface area contributed by atoms with Crippen molar-refractivity contribution in [1.82, 2.24) is 14.7 Å². The lowest BCUT2D eigenvalue weighted by atomic mass is 10.1. The SMILES string of the molecule is C=CC(=O)N1CC(n2cc(NC(=O)Nc3ccc(F)c(Cl)c3)cn2)C1. The molecule has 0 unspecified atom stereocenters. The molecule has 3 amide bonds. The highest BCUT2D eigenvalue weighted by Crippen LogP contribution is 2.22. The molecule has 2 aromatic rings. The lowest BCUT2D eigenvalue weighted by molar-refractivity contribution is -0.131. The van der Waals surface area contributed by atoms with Crippen molar-refractivity contribution >= 4 is 34.9 Å². The van der Waals surface area contributed by atoms with Crippen molar-refractivity contribution in [2.45, 2.75) is 6.04 Å². The molecule has 9 heteroatoms. The van der Waals surface area contributed by atoms with Crippen LogP contribution in [0, 0.1) is 5.82 Å². The number of benzene rings is 1. The fourth-order valence-corrected chi connectivity index (χ4v) is 2.58. The van der Waals surface area contributed by atoms with Crippen molar-refractivity contribution in [3.05, 3.63) is 54.1 Å². The number of likely N-dealkylation sites (tertiary alicyclic amines) is 1. The van der Waals surface area contributed by atoms with Crippen LogP contribution in [-0.2, 0) is 4.79 Å². The van der Waals surface area contributed by atoms with E-state index in [9.17, 15) is 14.0 Å². The first-order valence-corrected chi connectivity index (χ1v) is 7.82. The summed E-state index contributed by atoms with van der Waals surface area (Å²) in [6.45, 7) is 4.54. The maximum absolute atomic E-state index is 13.1. The number of urea groups is 1. The van der Waals surface area contributed by atoms with Gasteiger partial charge < -0.3 is 15.5 Å². The standard InChI is InChI=1S/C16H15ClFN5O2/c1-2-15(24)22-8-12(9-22)23-7-11(6-19-23)21-16(25)20-10-3-4-14(18)13(17)5-10/h2-7,12H,1,8-9H2,(H2,20,21,25). The fraction of sp³-hybridized carbons (Fsp3) is 0.188. The van der Waals surface area contributed by atoms with Crippen LogP contribution in [0.4, 0.5) is 20.6 Å². The number of nitrogens with zero attached hydrogens (tertiary/aromatic N) is 3. The molecule has 3 rings (SSSR count). The Kier molecular flexibility index (Phi) is 4.71. The van der Waals surface area contributed by atoms with Gasteiger partial charge in [-0.15, -0.1) is 0 Å². The monoisotopic (exact) mass is 363 g/mol. The van der Waals surface area contributed by atoms with E-state index in [1.54, 1.807) is 15.8 Å². The second-order valence-corrected chi connectivity index (χ2v) is 5.93. The minimum atomic E-state index is -0.557. The second-order valence-electron chi connectivity index (χ2n) is 5.52. The minimum Gasteiger partial charge on any atom is -0.335 e. The number of aromatic nitrogens is 2. The molecule has 130 valence electrons. The number of carbonyl (C=O) groups excluding carboxylic acids is 2. The molecule has 2 heterocycles. The zero-order valence-corrected chi connectivity index (χ0v) is 13.8. The van der Waals surface area contributed by atoms with Gasteiger partial charge in [0.25, 0.3) is 0 Å². The Morgan fingerprint density at radius 1 is 1.32 bits per heavy atom. The van der Waals surface area contributed by atoms with E-state index in [-0.39, 0.29) is 17.0 Å². The first kappa shape index (κ1) is 17.0. The number of halogens is 2. The molecular weight excluding hydrogens is 349 g/mol. The molecule has 0 bridgehead atoms. The van der Waals surface area contributed by atoms with Gasteiger partial charge in [-0.3, -0.25) is 9.48 Å². The van der Waals surface area contributed by atoms with Crippen molar-refractivity contribution in [1.29, 1.82) is 0 Å². The smallest absolute Gasteiger partial charge is 0.323 e. The van der Waals surface area contributed by atoms with Crippen molar-refractivity contribution in [3.63, 3.8) is 0 Å². The molecule has 0 spiro atoms. The van der Waals surface area contributed by atoms with Crippen LogP contribution >= 0.6 is 11.6 Å². The largest absolute Gasteiger partial charge is 0.335 e. The first-order chi connectivity index (χ1) is 12.0. The molecular formula is C16H15ClFN5O2. The predicted octanol–water partition coefficient (Wildman–Crippen LogP) is 2.89. The van der Waals surface area contributed by atoms with Crippen molar-refractivity contribution in [2.75, 3.05) is 23.7 Å². The minimum absolute atomic E-state index is 0.0680. The summed E-state index contributed by atoms with van der Waals surface area (Å²) >= 11 is 5.67. The lowest BCUT2D eigenvalue weighted by Crippen LogP contribution is -2.50. The molecule has 1 aliphatic heterocycles. The summed E-state index contributed by atoms with van der Waals surface area (Å²) in [4.78, 5) is 25.0. The molecule has 1 fully saturated rings. The van der Waals surface area contributed by atoms with Crippen molar-refractivity contribution in [3.8, 4) is 0 Å². The summed E-state index contributed by atoms with van der Waals surface area (Å²) in [6.07, 6.45) is 4.46. The van der Waals surface area contributed by atoms with Crippen LogP contribution in [0.15, 0.2) is 43.2 Å². The Bertz CT molecular complexity index is 832. The molecule has 2 N–H and O–H groups in total. The fourth-order valence-electron chi connectivity index (χ4n) is 2.40. The predicted molar refractivity (Wildman–Crippen MR) is 92.1 cm³/mol. The van der Waals surface area contributed by atoms with E-state index in [1.165, 1.54) is 30.5 Å². The van der Waals surface area contributed by atoms with Crippen LogP contribution in [0.5, 0.6) is 0 Å². The quantitative estimate of drug-likeness (QED) is 0.820. The molecule has 7 nitrogen and oxygen atoms in total. The third-order valence-electron chi connectivity index (χ3n) is 3.76. The highest BCUT2D eigenvalue weighted by atomic mass is 35.5. The van der Waals surface area contributed by atoms with Crippen LogP contribution in [-0.4, -0.2) is 39.7 Å². The average molecular weight is 364 g/mol. The number of rotatable bonds is 4. The normalized spacial score (nSPS) is 13.9. The van der Waals surface area contributed by atoms with Crippen LogP contribution in [0.25, 0.3) is 0 Å². The highest BCUT2D eigenvalue weighted by molar-refractivity contribution is 6.31. The van der Waals surface area contributed by atoms with E-state index < -0.39 is 11.8 Å². The molecule has 1 aliphatic rings. The molecule has 0 aliphatic carbocycles. The number of anilines is 2. The molecule has 25 heavy (non-hydrogen) atoms. The Balaban J connectivity index is 1.54. The maximum Gasteiger partial charge on any atom is 0.323 e. The van der Waals surface area contributed by atoms with Crippen LogP contribution < -0.4 is 10.6 Å². The first-order valence-electron chi connectivity index (χ1n) is 7.45. The summed E-state index contributed by atoms with van der Waals surface area (Å²) in [6, 6.07) is 3.46. The summed E-state index contributed by atoms with van der Waals surface area (Å²) in [5, 5.41) is 9.29. The van der Waals surface area contributed by atoms with Gasteiger partial charge >= 0.3 is 6.03 Å². The van der Waals surface area contributed by atoms with E-state index in [1.807, 2.05) is 0 Å². The number of hydrogen-bond acceptors (Lipinski definition) is 3. The maximum atomic E-state index is 13.1. The highest BCUT2D eigenvalue weighted by Gasteiger charge is 2.31. The zero-order valence-electron chi connectivity index (χ0n) is 13.1. The van der Waals surface area contributed by atoms with E-state index in [2.05, 4.69) is 22.3 Å². The Morgan fingerprint density at radius 2 is 2.04 bits per heavy atom. The van der Waals surface area contributed by atoms with Crippen molar-refractivity contribution in [2.24, 2.45) is 0 Å². The van der Waals surface area contributed by atoms with Gasteiger partial charge in [0.2, 0.25) is 5.91 Å².